The highest BCUT2D eigenvalue weighted by atomic mass is 16.5. The fraction of sp³-hybridized carbons (Fsp3) is 0.412. The van der Waals surface area contributed by atoms with Crippen LogP contribution in [0.25, 0.3) is 0 Å². The molecule has 0 bridgehead atoms. The number of para-hydroxylation sites is 1. The standard InChI is InChI=1S/C17H23N7O2/c1-23(2)16-19-15(20-17(21-16)24-8-10-26-11-9-24)22-18-12-13-6-4-5-7-14(13)25-3/h4-7,12H,8-11H2,1-3H3,(H,19,20,21,22)/b18-12+. The van der Waals surface area contributed by atoms with E-state index >= 15 is 0 Å². The molecule has 2 heterocycles. The van der Waals surface area contributed by atoms with Crippen molar-refractivity contribution in [2.45, 2.75) is 0 Å². The van der Waals surface area contributed by atoms with Crippen LogP contribution in [0, 0.1) is 0 Å². The fourth-order valence-corrected chi connectivity index (χ4v) is 2.44. The number of morpholine rings is 1. The van der Waals surface area contributed by atoms with Gasteiger partial charge >= 0.3 is 0 Å². The Bertz CT molecular complexity index is 761. The number of hydrogen-bond donors (Lipinski definition) is 1. The van der Waals surface area contributed by atoms with Crippen LogP contribution in [0.2, 0.25) is 0 Å². The summed E-state index contributed by atoms with van der Waals surface area (Å²) in [6.07, 6.45) is 1.67. The molecular formula is C17H23N7O2. The van der Waals surface area contributed by atoms with Crippen LogP contribution in [-0.2, 0) is 4.74 Å². The average molecular weight is 357 g/mol. The van der Waals surface area contributed by atoms with Crippen LogP contribution >= 0.6 is 0 Å². The highest BCUT2D eigenvalue weighted by molar-refractivity contribution is 5.83. The van der Waals surface area contributed by atoms with Gasteiger partial charge in [0.2, 0.25) is 17.8 Å². The third kappa shape index (κ3) is 4.37. The van der Waals surface area contributed by atoms with Crippen molar-refractivity contribution in [1.29, 1.82) is 0 Å². The van der Waals surface area contributed by atoms with Crippen LogP contribution in [0.3, 0.4) is 0 Å². The Hall–Kier alpha value is -2.94. The van der Waals surface area contributed by atoms with E-state index in [1.54, 1.807) is 13.3 Å². The maximum atomic E-state index is 5.39. The summed E-state index contributed by atoms with van der Waals surface area (Å²) in [5.74, 6) is 2.31. The quantitative estimate of drug-likeness (QED) is 0.610. The van der Waals surface area contributed by atoms with E-state index in [1.807, 2.05) is 43.3 Å². The summed E-state index contributed by atoms with van der Waals surface area (Å²) in [7, 11) is 5.41. The Morgan fingerprint density at radius 1 is 1.19 bits per heavy atom. The molecule has 1 aromatic carbocycles. The molecule has 3 rings (SSSR count). The van der Waals surface area contributed by atoms with E-state index < -0.39 is 0 Å². The van der Waals surface area contributed by atoms with E-state index in [-0.39, 0.29) is 0 Å². The summed E-state index contributed by atoms with van der Waals surface area (Å²) in [6.45, 7) is 2.83. The van der Waals surface area contributed by atoms with Crippen molar-refractivity contribution in [2.24, 2.45) is 5.10 Å². The Morgan fingerprint density at radius 2 is 1.96 bits per heavy atom. The largest absolute Gasteiger partial charge is 0.496 e. The molecule has 1 aromatic heterocycles. The lowest BCUT2D eigenvalue weighted by molar-refractivity contribution is 0.122. The molecule has 26 heavy (non-hydrogen) atoms. The molecule has 9 nitrogen and oxygen atoms in total. The molecule has 1 fully saturated rings. The van der Waals surface area contributed by atoms with E-state index in [2.05, 4.69) is 30.4 Å². The van der Waals surface area contributed by atoms with Crippen LogP contribution in [0.5, 0.6) is 5.75 Å². The van der Waals surface area contributed by atoms with E-state index in [9.17, 15) is 0 Å². The molecule has 0 atom stereocenters. The molecule has 2 aromatic rings. The van der Waals surface area contributed by atoms with Crippen LogP contribution in [-0.4, -0.2) is 68.7 Å². The smallest absolute Gasteiger partial charge is 0.250 e. The zero-order valence-electron chi connectivity index (χ0n) is 15.2. The number of benzene rings is 1. The minimum Gasteiger partial charge on any atom is -0.496 e. The highest BCUT2D eigenvalue weighted by Crippen LogP contribution is 2.17. The second-order valence-electron chi connectivity index (χ2n) is 5.86. The fourth-order valence-electron chi connectivity index (χ4n) is 2.44. The highest BCUT2D eigenvalue weighted by Gasteiger charge is 2.17. The predicted molar refractivity (Wildman–Crippen MR) is 101 cm³/mol. The molecule has 0 amide bonds. The van der Waals surface area contributed by atoms with E-state index in [1.165, 1.54) is 0 Å². The number of ether oxygens (including phenoxy) is 2. The third-order valence-corrected chi connectivity index (χ3v) is 3.81. The van der Waals surface area contributed by atoms with Gasteiger partial charge in [0.05, 0.1) is 26.5 Å². The van der Waals surface area contributed by atoms with Gasteiger partial charge in [0, 0.05) is 32.7 Å². The Labute approximate surface area is 152 Å². The summed E-state index contributed by atoms with van der Waals surface area (Å²) in [6, 6.07) is 7.63. The molecule has 0 aliphatic carbocycles. The lowest BCUT2D eigenvalue weighted by Gasteiger charge is -2.27. The minimum atomic E-state index is 0.385. The monoisotopic (exact) mass is 357 g/mol. The zero-order chi connectivity index (χ0) is 18.4. The van der Waals surface area contributed by atoms with Crippen molar-refractivity contribution in [3.63, 3.8) is 0 Å². The van der Waals surface area contributed by atoms with Gasteiger partial charge in [-0.3, -0.25) is 0 Å². The van der Waals surface area contributed by atoms with Crippen LogP contribution in [0.4, 0.5) is 17.8 Å². The zero-order valence-corrected chi connectivity index (χ0v) is 15.2. The number of methoxy groups -OCH3 is 1. The number of rotatable bonds is 6. The number of aromatic nitrogens is 3. The first-order chi connectivity index (χ1) is 12.7. The Morgan fingerprint density at radius 3 is 2.69 bits per heavy atom. The second-order valence-corrected chi connectivity index (χ2v) is 5.86. The van der Waals surface area contributed by atoms with Crippen molar-refractivity contribution < 1.29 is 9.47 Å². The molecule has 1 aliphatic heterocycles. The van der Waals surface area contributed by atoms with Gasteiger partial charge in [-0.05, 0) is 12.1 Å². The van der Waals surface area contributed by atoms with Gasteiger partial charge in [-0.25, -0.2) is 5.43 Å². The topological polar surface area (TPSA) is 88.0 Å². The molecule has 0 radical (unpaired) electrons. The normalized spacial score (nSPS) is 14.5. The summed E-state index contributed by atoms with van der Waals surface area (Å²) < 4.78 is 10.7. The molecule has 1 aliphatic rings. The number of hydrogen-bond acceptors (Lipinski definition) is 9. The van der Waals surface area contributed by atoms with Crippen LogP contribution in [0.15, 0.2) is 29.4 Å². The van der Waals surface area contributed by atoms with Crippen molar-refractivity contribution in [3.05, 3.63) is 29.8 Å². The Kier molecular flexibility index (Phi) is 5.80. The number of hydrazone groups is 1. The van der Waals surface area contributed by atoms with Gasteiger partial charge in [0.15, 0.2) is 0 Å². The minimum absolute atomic E-state index is 0.385. The lowest BCUT2D eigenvalue weighted by Crippen LogP contribution is -2.37. The van der Waals surface area contributed by atoms with E-state index in [4.69, 9.17) is 9.47 Å². The summed E-state index contributed by atoms with van der Waals surface area (Å²) in [5, 5.41) is 4.24. The van der Waals surface area contributed by atoms with Crippen LogP contribution < -0.4 is 20.0 Å². The SMILES string of the molecule is COc1ccccc1/C=N/Nc1nc(N(C)C)nc(N2CCOCC2)n1. The summed E-state index contributed by atoms with van der Waals surface area (Å²) in [4.78, 5) is 17.3. The average Bonchev–Trinajstić information content (AvgIpc) is 2.69. The number of anilines is 3. The lowest BCUT2D eigenvalue weighted by atomic mass is 10.2. The van der Waals surface area contributed by atoms with Gasteiger partial charge in [0.25, 0.3) is 0 Å². The molecule has 0 unspecified atom stereocenters. The molecule has 0 saturated carbocycles. The van der Waals surface area contributed by atoms with Gasteiger partial charge < -0.3 is 19.3 Å². The van der Waals surface area contributed by atoms with Crippen molar-refractivity contribution in [2.75, 3.05) is 62.7 Å². The van der Waals surface area contributed by atoms with Crippen LogP contribution in [0.1, 0.15) is 5.56 Å². The predicted octanol–water partition coefficient (Wildman–Crippen LogP) is 1.23. The van der Waals surface area contributed by atoms with Gasteiger partial charge in [-0.2, -0.15) is 20.1 Å². The van der Waals surface area contributed by atoms with Crippen molar-refractivity contribution >= 4 is 24.1 Å². The molecular weight excluding hydrogens is 334 g/mol. The maximum Gasteiger partial charge on any atom is 0.250 e. The van der Waals surface area contributed by atoms with Gasteiger partial charge in [-0.1, -0.05) is 12.1 Å². The molecule has 138 valence electrons. The van der Waals surface area contributed by atoms with Gasteiger partial charge in [-0.15, -0.1) is 0 Å². The first-order valence-corrected chi connectivity index (χ1v) is 8.35. The summed E-state index contributed by atoms with van der Waals surface area (Å²) in [5.41, 5.74) is 3.75. The van der Waals surface area contributed by atoms with Crippen molar-refractivity contribution in [3.8, 4) is 5.75 Å². The molecule has 0 spiro atoms. The second kappa shape index (κ2) is 8.43. The van der Waals surface area contributed by atoms with E-state index in [0.717, 1.165) is 24.4 Å². The number of nitrogens with zero attached hydrogens (tertiary/aromatic N) is 6. The first-order valence-electron chi connectivity index (χ1n) is 8.35. The van der Waals surface area contributed by atoms with Crippen molar-refractivity contribution in [1.82, 2.24) is 15.0 Å². The molecule has 1 N–H and O–H groups in total. The molecule has 1 saturated heterocycles. The first kappa shape index (κ1) is 17.9. The third-order valence-electron chi connectivity index (χ3n) is 3.81. The maximum absolute atomic E-state index is 5.39. The Balaban J connectivity index is 1.80. The molecule has 9 heteroatoms. The summed E-state index contributed by atoms with van der Waals surface area (Å²) >= 11 is 0. The number of nitrogens with one attached hydrogen (secondary N) is 1. The van der Waals surface area contributed by atoms with Gasteiger partial charge in [0.1, 0.15) is 5.75 Å². The van der Waals surface area contributed by atoms with E-state index in [0.29, 0.717) is 31.1 Å².